The first-order valence-electron chi connectivity index (χ1n) is 7.15. The minimum atomic E-state index is 0.482. The zero-order valence-electron chi connectivity index (χ0n) is 12.1. The molecule has 0 bridgehead atoms. The van der Waals surface area contributed by atoms with Crippen molar-refractivity contribution in [2.45, 2.75) is 32.0 Å². The Kier molecular flexibility index (Phi) is 4.41. The second-order valence-corrected chi connectivity index (χ2v) is 5.78. The minimum Gasteiger partial charge on any atom is -0.496 e. The van der Waals surface area contributed by atoms with E-state index in [4.69, 9.17) is 16.3 Å². The van der Waals surface area contributed by atoms with Gasteiger partial charge in [0.1, 0.15) is 18.4 Å². The van der Waals surface area contributed by atoms with Crippen LogP contribution in [0.25, 0.3) is 0 Å². The van der Waals surface area contributed by atoms with Crippen LogP contribution < -0.4 is 4.74 Å². The SMILES string of the molecule is COc1ccc(Cl)cc1CN1CCC[C@H]1Cn1cncn1. The normalized spacial score (nSPS) is 19.0. The van der Waals surface area contributed by atoms with Gasteiger partial charge in [-0.3, -0.25) is 9.58 Å². The van der Waals surface area contributed by atoms with Crippen LogP contribution in [0.3, 0.4) is 0 Å². The Morgan fingerprint density at radius 3 is 3.10 bits per heavy atom. The largest absolute Gasteiger partial charge is 0.496 e. The lowest BCUT2D eigenvalue weighted by molar-refractivity contribution is 0.216. The molecule has 2 heterocycles. The number of hydrogen-bond acceptors (Lipinski definition) is 4. The summed E-state index contributed by atoms with van der Waals surface area (Å²) in [6, 6.07) is 6.27. The molecule has 1 aromatic carbocycles. The number of methoxy groups -OCH3 is 1. The van der Waals surface area contributed by atoms with Gasteiger partial charge in [-0.15, -0.1) is 0 Å². The molecule has 21 heavy (non-hydrogen) atoms. The first-order chi connectivity index (χ1) is 10.3. The molecule has 0 N–H and O–H groups in total. The summed E-state index contributed by atoms with van der Waals surface area (Å²) in [7, 11) is 1.70. The van der Waals surface area contributed by atoms with E-state index in [1.165, 1.54) is 12.8 Å². The van der Waals surface area contributed by atoms with Crippen molar-refractivity contribution >= 4 is 11.6 Å². The molecule has 1 aliphatic heterocycles. The van der Waals surface area contributed by atoms with E-state index in [0.717, 1.165) is 36.0 Å². The summed E-state index contributed by atoms with van der Waals surface area (Å²) in [5.74, 6) is 0.894. The van der Waals surface area contributed by atoms with Crippen LogP contribution in [0.4, 0.5) is 0 Å². The highest BCUT2D eigenvalue weighted by Gasteiger charge is 2.25. The highest BCUT2D eigenvalue weighted by molar-refractivity contribution is 6.30. The molecule has 2 aromatic rings. The molecule has 0 saturated carbocycles. The van der Waals surface area contributed by atoms with E-state index in [-0.39, 0.29) is 0 Å². The maximum atomic E-state index is 6.11. The van der Waals surface area contributed by atoms with E-state index in [1.54, 1.807) is 19.8 Å². The molecule has 6 heteroatoms. The van der Waals surface area contributed by atoms with Gasteiger partial charge in [0.25, 0.3) is 0 Å². The Morgan fingerprint density at radius 2 is 2.33 bits per heavy atom. The third-order valence-corrected chi connectivity index (χ3v) is 4.21. The number of hydrogen-bond donors (Lipinski definition) is 0. The molecule has 0 amide bonds. The summed E-state index contributed by atoms with van der Waals surface area (Å²) >= 11 is 6.11. The van der Waals surface area contributed by atoms with Crippen molar-refractivity contribution in [3.05, 3.63) is 41.4 Å². The highest BCUT2D eigenvalue weighted by Crippen LogP contribution is 2.27. The lowest BCUT2D eigenvalue weighted by atomic mass is 10.1. The first kappa shape index (κ1) is 14.4. The maximum Gasteiger partial charge on any atom is 0.137 e. The van der Waals surface area contributed by atoms with Crippen molar-refractivity contribution in [2.24, 2.45) is 0 Å². The lowest BCUT2D eigenvalue weighted by Crippen LogP contribution is -2.32. The third-order valence-electron chi connectivity index (χ3n) is 3.98. The zero-order valence-corrected chi connectivity index (χ0v) is 12.8. The van der Waals surface area contributed by atoms with E-state index in [1.807, 2.05) is 22.9 Å². The Labute approximate surface area is 129 Å². The van der Waals surface area contributed by atoms with E-state index in [9.17, 15) is 0 Å². The van der Waals surface area contributed by atoms with Gasteiger partial charge in [0.2, 0.25) is 0 Å². The van der Waals surface area contributed by atoms with Crippen molar-refractivity contribution in [1.82, 2.24) is 19.7 Å². The summed E-state index contributed by atoms with van der Waals surface area (Å²) in [5.41, 5.74) is 1.13. The first-order valence-corrected chi connectivity index (χ1v) is 7.53. The average Bonchev–Trinajstić information content (AvgIpc) is 3.12. The van der Waals surface area contributed by atoms with Crippen molar-refractivity contribution in [2.75, 3.05) is 13.7 Å². The van der Waals surface area contributed by atoms with Crippen LogP contribution >= 0.6 is 11.6 Å². The summed E-state index contributed by atoms with van der Waals surface area (Å²) in [4.78, 5) is 6.48. The summed E-state index contributed by atoms with van der Waals surface area (Å²) in [6.45, 7) is 2.82. The van der Waals surface area contributed by atoms with Crippen molar-refractivity contribution in [1.29, 1.82) is 0 Å². The molecule has 0 spiro atoms. The van der Waals surface area contributed by atoms with Gasteiger partial charge < -0.3 is 4.74 Å². The number of rotatable bonds is 5. The third kappa shape index (κ3) is 3.36. The fourth-order valence-electron chi connectivity index (χ4n) is 2.94. The van der Waals surface area contributed by atoms with Gasteiger partial charge in [-0.2, -0.15) is 5.10 Å². The summed E-state index contributed by atoms with van der Waals surface area (Å²) in [5, 5.41) is 4.95. The van der Waals surface area contributed by atoms with Gasteiger partial charge in [-0.25, -0.2) is 4.98 Å². The van der Waals surface area contributed by atoms with Crippen LogP contribution in [0.1, 0.15) is 18.4 Å². The summed E-state index contributed by atoms with van der Waals surface area (Å²) in [6.07, 6.45) is 5.75. The molecule has 5 nitrogen and oxygen atoms in total. The fourth-order valence-corrected chi connectivity index (χ4v) is 3.14. The fraction of sp³-hybridized carbons (Fsp3) is 0.467. The molecule has 1 fully saturated rings. The standard InChI is InChI=1S/C15H19ClN4O/c1-21-15-5-4-13(16)7-12(15)8-19-6-2-3-14(19)9-20-11-17-10-18-20/h4-5,7,10-11,14H,2-3,6,8-9H2,1H3/t14-/m0/s1. The van der Waals surface area contributed by atoms with Crippen LogP contribution in [0.2, 0.25) is 5.02 Å². The number of nitrogens with zero attached hydrogens (tertiary/aromatic N) is 4. The van der Waals surface area contributed by atoms with E-state index < -0.39 is 0 Å². The molecule has 0 unspecified atom stereocenters. The van der Waals surface area contributed by atoms with Gasteiger partial charge in [-0.1, -0.05) is 11.6 Å². The Balaban J connectivity index is 1.72. The average molecular weight is 307 g/mol. The van der Waals surface area contributed by atoms with Crippen molar-refractivity contribution < 1.29 is 4.74 Å². The Hall–Kier alpha value is -1.59. The highest BCUT2D eigenvalue weighted by atomic mass is 35.5. The maximum absolute atomic E-state index is 6.11. The lowest BCUT2D eigenvalue weighted by Gasteiger charge is -2.25. The molecule has 0 aliphatic carbocycles. The molecule has 1 aromatic heterocycles. The van der Waals surface area contributed by atoms with E-state index >= 15 is 0 Å². The van der Waals surface area contributed by atoms with Gasteiger partial charge >= 0.3 is 0 Å². The van der Waals surface area contributed by atoms with Gasteiger partial charge in [0.05, 0.1) is 13.7 Å². The van der Waals surface area contributed by atoms with Crippen LogP contribution in [-0.4, -0.2) is 39.4 Å². The second-order valence-electron chi connectivity index (χ2n) is 5.34. The zero-order chi connectivity index (χ0) is 14.7. The summed E-state index contributed by atoms with van der Waals surface area (Å²) < 4.78 is 7.34. The van der Waals surface area contributed by atoms with Gasteiger partial charge in [-0.05, 0) is 37.6 Å². The molecule has 1 aliphatic rings. The van der Waals surface area contributed by atoms with Crippen LogP contribution in [0.5, 0.6) is 5.75 Å². The number of benzene rings is 1. The second kappa shape index (κ2) is 6.45. The minimum absolute atomic E-state index is 0.482. The number of likely N-dealkylation sites (tertiary alicyclic amines) is 1. The molecule has 1 atom stereocenters. The van der Waals surface area contributed by atoms with Gasteiger partial charge in [0, 0.05) is 23.2 Å². The van der Waals surface area contributed by atoms with Crippen molar-refractivity contribution in [3.8, 4) is 5.75 Å². The number of ether oxygens (including phenoxy) is 1. The van der Waals surface area contributed by atoms with Gasteiger partial charge in [0.15, 0.2) is 0 Å². The van der Waals surface area contributed by atoms with Crippen LogP contribution in [0.15, 0.2) is 30.9 Å². The molecule has 1 saturated heterocycles. The monoisotopic (exact) mass is 306 g/mol. The predicted octanol–water partition coefficient (Wildman–Crippen LogP) is 2.60. The number of aromatic nitrogens is 3. The Morgan fingerprint density at radius 1 is 1.43 bits per heavy atom. The molecule has 112 valence electrons. The molecule has 3 rings (SSSR count). The quantitative estimate of drug-likeness (QED) is 0.851. The van der Waals surface area contributed by atoms with Crippen LogP contribution in [0, 0.1) is 0 Å². The predicted molar refractivity (Wildman–Crippen MR) is 81.5 cm³/mol. The van der Waals surface area contributed by atoms with Crippen molar-refractivity contribution in [3.63, 3.8) is 0 Å². The molecular formula is C15H19ClN4O. The Bertz CT molecular complexity index is 587. The number of halogens is 1. The topological polar surface area (TPSA) is 43.2 Å². The van der Waals surface area contributed by atoms with E-state index in [2.05, 4.69) is 15.0 Å². The molecule has 0 radical (unpaired) electrons. The van der Waals surface area contributed by atoms with Crippen LogP contribution in [-0.2, 0) is 13.1 Å². The smallest absolute Gasteiger partial charge is 0.137 e. The van der Waals surface area contributed by atoms with E-state index in [0.29, 0.717) is 6.04 Å². The molecular weight excluding hydrogens is 288 g/mol.